The third kappa shape index (κ3) is 4.98. The van der Waals surface area contributed by atoms with E-state index in [9.17, 15) is 9.59 Å². The van der Waals surface area contributed by atoms with Crippen LogP contribution >= 0.6 is 0 Å². The smallest absolute Gasteiger partial charge is 0.222 e. The average molecular weight is 314 g/mol. The first-order chi connectivity index (χ1) is 11.0. The summed E-state index contributed by atoms with van der Waals surface area (Å²) in [6.07, 6.45) is 1.75. The number of hydrogen-bond acceptors (Lipinski definition) is 3. The molecule has 122 valence electrons. The molecule has 0 spiro atoms. The van der Waals surface area contributed by atoms with E-state index in [1.165, 1.54) is 6.92 Å². The van der Waals surface area contributed by atoms with Crippen molar-refractivity contribution in [3.8, 4) is 0 Å². The molecule has 23 heavy (non-hydrogen) atoms. The average Bonchev–Trinajstić information content (AvgIpc) is 3.01. The number of aryl methyl sites for hydroxylation is 1. The summed E-state index contributed by atoms with van der Waals surface area (Å²) in [6, 6.07) is 10.8. The largest absolute Gasteiger partial charge is 0.467 e. The second kappa shape index (κ2) is 7.63. The minimum Gasteiger partial charge on any atom is -0.467 e. The van der Waals surface area contributed by atoms with Crippen molar-refractivity contribution in [3.05, 3.63) is 59.5 Å². The summed E-state index contributed by atoms with van der Waals surface area (Å²) in [6.45, 7) is 5.30. The van der Waals surface area contributed by atoms with Crippen molar-refractivity contribution in [2.45, 2.75) is 39.3 Å². The highest BCUT2D eigenvalue weighted by Crippen LogP contribution is 2.19. The molecule has 0 aliphatic heterocycles. The molecule has 2 unspecified atom stereocenters. The second-order valence-corrected chi connectivity index (χ2v) is 5.67. The number of rotatable bonds is 6. The van der Waals surface area contributed by atoms with Gasteiger partial charge in [-0.15, -0.1) is 0 Å². The Balaban J connectivity index is 2.03. The minimum atomic E-state index is -0.350. The van der Waals surface area contributed by atoms with Gasteiger partial charge in [0, 0.05) is 6.92 Å². The van der Waals surface area contributed by atoms with E-state index in [0.717, 1.165) is 11.1 Å². The van der Waals surface area contributed by atoms with Gasteiger partial charge in [0.25, 0.3) is 0 Å². The van der Waals surface area contributed by atoms with Gasteiger partial charge < -0.3 is 15.1 Å². The van der Waals surface area contributed by atoms with Gasteiger partial charge in [-0.05, 0) is 31.5 Å². The third-order valence-corrected chi connectivity index (χ3v) is 3.59. The Bertz CT molecular complexity index is 647. The van der Waals surface area contributed by atoms with Crippen molar-refractivity contribution >= 4 is 11.8 Å². The van der Waals surface area contributed by atoms with Crippen LogP contribution in [0.1, 0.15) is 49.2 Å². The minimum absolute atomic E-state index is 0.145. The molecule has 2 atom stereocenters. The van der Waals surface area contributed by atoms with E-state index < -0.39 is 0 Å². The molecule has 5 heteroatoms. The highest BCUT2D eigenvalue weighted by atomic mass is 16.3. The predicted molar refractivity (Wildman–Crippen MR) is 87.6 cm³/mol. The van der Waals surface area contributed by atoms with Gasteiger partial charge in [0.1, 0.15) is 5.76 Å². The van der Waals surface area contributed by atoms with E-state index in [2.05, 4.69) is 10.6 Å². The molecule has 0 bridgehead atoms. The van der Waals surface area contributed by atoms with E-state index in [0.29, 0.717) is 5.76 Å². The molecule has 0 aliphatic rings. The van der Waals surface area contributed by atoms with Crippen LogP contribution in [0.3, 0.4) is 0 Å². The molecule has 0 fully saturated rings. The predicted octanol–water partition coefficient (Wildman–Crippen LogP) is 3.03. The maximum Gasteiger partial charge on any atom is 0.222 e. The van der Waals surface area contributed by atoms with Crippen molar-refractivity contribution in [1.29, 1.82) is 0 Å². The summed E-state index contributed by atoms with van der Waals surface area (Å²) >= 11 is 0. The Hall–Kier alpha value is -2.56. The first kappa shape index (κ1) is 16.8. The van der Waals surface area contributed by atoms with Gasteiger partial charge in [-0.25, -0.2) is 0 Å². The SMILES string of the molecule is CC(=O)NC(CC(=O)NC(C)c1ccco1)c1ccc(C)cc1. The van der Waals surface area contributed by atoms with Crippen LogP contribution in [0, 0.1) is 6.92 Å². The quantitative estimate of drug-likeness (QED) is 0.861. The normalized spacial score (nSPS) is 13.2. The van der Waals surface area contributed by atoms with Crippen molar-refractivity contribution in [3.63, 3.8) is 0 Å². The monoisotopic (exact) mass is 314 g/mol. The van der Waals surface area contributed by atoms with Gasteiger partial charge in [0.2, 0.25) is 11.8 Å². The molecule has 2 rings (SSSR count). The molecule has 1 heterocycles. The van der Waals surface area contributed by atoms with Crippen LogP contribution < -0.4 is 10.6 Å². The first-order valence-corrected chi connectivity index (χ1v) is 7.62. The van der Waals surface area contributed by atoms with Gasteiger partial charge >= 0.3 is 0 Å². The molecular formula is C18H22N2O3. The van der Waals surface area contributed by atoms with Crippen molar-refractivity contribution in [2.24, 2.45) is 0 Å². The number of nitrogens with one attached hydrogen (secondary N) is 2. The maximum absolute atomic E-state index is 12.3. The lowest BCUT2D eigenvalue weighted by Gasteiger charge is -2.19. The van der Waals surface area contributed by atoms with Crippen LogP contribution in [0.4, 0.5) is 0 Å². The Morgan fingerprint density at radius 2 is 1.83 bits per heavy atom. The second-order valence-electron chi connectivity index (χ2n) is 5.67. The lowest BCUT2D eigenvalue weighted by Crippen LogP contribution is -2.33. The van der Waals surface area contributed by atoms with E-state index in [1.807, 2.05) is 44.2 Å². The van der Waals surface area contributed by atoms with E-state index in [4.69, 9.17) is 4.42 Å². The zero-order chi connectivity index (χ0) is 16.8. The van der Waals surface area contributed by atoms with Crippen LogP contribution in [0.5, 0.6) is 0 Å². The number of amides is 2. The van der Waals surface area contributed by atoms with E-state index in [1.54, 1.807) is 12.3 Å². The van der Waals surface area contributed by atoms with Crippen LogP contribution in [-0.4, -0.2) is 11.8 Å². The number of benzene rings is 1. The van der Waals surface area contributed by atoms with Gasteiger partial charge in [-0.2, -0.15) is 0 Å². The van der Waals surface area contributed by atoms with Gasteiger partial charge in [-0.1, -0.05) is 29.8 Å². The zero-order valence-electron chi connectivity index (χ0n) is 13.6. The number of hydrogen-bond donors (Lipinski definition) is 2. The third-order valence-electron chi connectivity index (χ3n) is 3.59. The van der Waals surface area contributed by atoms with Crippen LogP contribution in [0.15, 0.2) is 47.1 Å². The molecule has 1 aromatic carbocycles. The van der Waals surface area contributed by atoms with Crippen LogP contribution in [0.2, 0.25) is 0 Å². The van der Waals surface area contributed by atoms with Crippen molar-refractivity contribution in [1.82, 2.24) is 10.6 Å². The van der Waals surface area contributed by atoms with Gasteiger partial charge in [0.05, 0.1) is 24.8 Å². The van der Waals surface area contributed by atoms with Crippen LogP contribution in [0.25, 0.3) is 0 Å². The molecule has 1 aromatic heterocycles. The molecule has 2 amide bonds. The fraction of sp³-hybridized carbons (Fsp3) is 0.333. The Labute approximate surface area is 136 Å². The first-order valence-electron chi connectivity index (χ1n) is 7.62. The Morgan fingerprint density at radius 1 is 1.13 bits per heavy atom. The summed E-state index contributed by atoms with van der Waals surface area (Å²) in [7, 11) is 0. The molecule has 0 saturated carbocycles. The van der Waals surface area contributed by atoms with Crippen molar-refractivity contribution < 1.29 is 14.0 Å². The standard InChI is InChI=1S/C18H22N2O3/c1-12-6-8-15(9-7-12)16(20-14(3)21)11-18(22)19-13(2)17-5-4-10-23-17/h4-10,13,16H,11H2,1-3H3,(H,19,22)(H,20,21). The summed E-state index contributed by atoms with van der Waals surface area (Å²) < 4.78 is 5.28. The molecule has 0 radical (unpaired) electrons. The van der Waals surface area contributed by atoms with Crippen molar-refractivity contribution in [2.75, 3.05) is 0 Å². The van der Waals surface area contributed by atoms with Gasteiger partial charge in [0.15, 0.2) is 0 Å². The molecule has 5 nitrogen and oxygen atoms in total. The molecular weight excluding hydrogens is 292 g/mol. The Morgan fingerprint density at radius 3 is 2.39 bits per heavy atom. The van der Waals surface area contributed by atoms with Crippen LogP contribution in [-0.2, 0) is 9.59 Å². The molecule has 0 aliphatic carbocycles. The maximum atomic E-state index is 12.3. The number of carbonyl (C=O) groups excluding carboxylic acids is 2. The van der Waals surface area contributed by atoms with E-state index in [-0.39, 0.29) is 30.3 Å². The lowest BCUT2D eigenvalue weighted by molar-refractivity contribution is -0.123. The lowest BCUT2D eigenvalue weighted by atomic mass is 10.0. The fourth-order valence-corrected chi connectivity index (χ4v) is 2.39. The number of carbonyl (C=O) groups is 2. The molecule has 2 N–H and O–H groups in total. The molecule has 0 saturated heterocycles. The summed E-state index contributed by atoms with van der Waals surface area (Å²) in [4.78, 5) is 23.7. The highest BCUT2D eigenvalue weighted by molar-refractivity contribution is 5.79. The molecule has 2 aromatic rings. The summed E-state index contributed by atoms with van der Waals surface area (Å²) in [5.74, 6) is 0.389. The van der Waals surface area contributed by atoms with E-state index >= 15 is 0 Å². The number of furan rings is 1. The fourth-order valence-electron chi connectivity index (χ4n) is 2.39. The zero-order valence-corrected chi connectivity index (χ0v) is 13.6. The highest BCUT2D eigenvalue weighted by Gasteiger charge is 2.19. The Kier molecular flexibility index (Phi) is 5.57. The summed E-state index contributed by atoms with van der Waals surface area (Å²) in [5, 5.41) is 5.71. The topological polar surface area (TPSA) is 71.3 Å². The van der Waals surface area contributed by atoms with Gasteiger partial charge in [-0.3, -0.25) is 9.59 Å². The summed E-state index contributed by atoms with van der Waals surface area (Å²) in [5.41, 5.74) is 2.04.